The Balaban J connectivity index is 0.00000144. The van der Waals surface area contributed by atoms with Gasteiger partial charge in [-0.2, -0.15) is 0 Å². The standard InChI is InChI=1S/2C5H5.C5H9.ClH.Zr/c2*1-2-4-5-3-1;1-4-5(2)3;;/h2*1-3H,4H2;2H,4H2,1,3H3;1H;/q;;;;+1/p-1. The van der Waals surface area contributed by atoms with Gasteiger partial charge in [-0.1, -0.05) is 0 Å². The van der Waals surface area contributed by atoms with Crippen LogP contribution >= 0.6 is 0 Å². The largest absolute Gasteiger partial charge is 1.00 e. The van der Waals surface area contributed by atoms with Crippen molar-refractivity contribution in [1.82, 2.24) is 0 Å². The molecule has 17 heavy (non-hydrogen) atoms. The van der Waals surface area contributed by atoms with Crippen LogP contribution in [0, 0.1) is 0 Å². The average molecular weight is 326 g/mol. The smallest absolute Gasteiger partial charge is 1.00 e. The van der Waals surface area contributed by atoms with Gasteiger partial charge in [0.2, 0.25) is 0 Å². The number of hydrogen-bond acceptors (Lipinski definition) is 0. The van der Waals surface area contributed by atoms with Gasteiger partial charge in [-0.05, 0) is 0 Å². The summed E-state index contributed by atoms with van der Waals surface area (Å²) in [5, 5.41) is 0. The fourth-order valence-corrected chi connectivity index (χ4v) is 8.69. The molecule has 0 atom stereocenters. The van der Waals surface area contributed by atoms with Crippen molar-refractivity contribution in [3.8, 4) is 0 Å². The third kappa shape index (κ3) is 3.93. The van der Waals surface area contributed by atoms with Gasteiger partial charge in [-0.3, -0.25) is 0 Å². The summed E-state index contributed by atoms with van der Waals surface area (Å²) in [6.45, 7) is 4.54. The second-order valence-corrected chi connectivity index (χ2v) is 10.3. The molecule has 0 aromatic carbocycles. The normalized spacial score (nSPS) is 17.9. The van der Waals surface area contributed by atoms with Gasteiger partial charge in [0, 0.05) is 0 Å². The Labute approximate surface area is 119 Å². The second-order valence-electron chi connectivity index (χ2n) is 4.41. The molecule has 2 aliphatic rings. The van der Waals surface area contributed by atoms with Crippen LogP contribution in [-0.2, 0) is 21.8 Å². The van der Waals surface area contributed by atoms with E-state index < -0.39 is 21.8 Å². The van der Waals surface area contributed by atoms with Gasteiger partial charge in [0.15, 0.2) is 0 Å². The van der Waals surface area contributed by atoms with Crippen LogP contribution in [0.1, 0.15) is 33.1 Å². The molecule has 0 aromatic heterocycles. The fraction of sp³-hybridized carbons (Fsp3) is 0.333. The van der Waals surface area contributed by atoms with Gasteiger partial charge in [0.05, 0.1) is 0 Å². The molecular formula is C15H19ClZr. The molecule has 0 N–H and O–H groups in total. The summed E-state index contributed by atoms with van der Waals surface area (Å²) < 4.78 is 6.12. The average Bonchev–Trinajstić information content (AvgIpc) is 2.97. The van der Waals surface area contributed by atoms with Gasteiger partial charge in [-0.15, -0.1) is 0 Å². The number of hydrogen-bond donors (Lipinski definition) is 0. The Morgan fingerprint density at radius 1 is 1.18 bits per heavy atom. The van der Waals surface area contributed by atoms with E-state index in [-0.39, 0.29) is 12.4 Å². The van der Waals surface area contributed by atoms with Crippen LogP contribution in [0.2, 0.25) is 0 Å². The van der Waals surface area contributed by atoms with Crippen molar-refractivity contribution in [2.24, 2.45) is 0 Å². The monoisotopic (exact) mass is 324 g/mol. The van der Waals surface area contributed by atoms with Crippen molar-refractivity contribution in [2.75, 3.05) is 0 Å². The first-order chi connectivity index (χ1) is 7.81. The zero-order chi connectivity index (χ0) is 11.4. The minimum Gasteiger partial charge on any atom is -1.00 e. The maximum atomic E-state index is 2.64. The predicted molar refractivity (Wildman–Crippen MR) is 67.7 cm³/mol. The minimum atomic E-state index is -1.61. The topological polar surface area (TPSA) is 0 Å². The van der Waals surface area contributed by atoms with Gasteiger partial charge in [0.1, 0.15) is 0 Å². The minimum absolute atomic E-state index is 0. The van der Waals surface area contributed by atoms with E-state index in [4.69, 9.17) is 0 Å². The molecule has 0 nitrogen and oxygen atoms in total. The molecule has 0 spiro atoms. The van der Waals surface area contributed by atoms with E-state index in [1.54, 1.807) is 12.1 Å². The molecule has 0 fully saturated rings. The summed E-state index contributed by atoms with van der Waals surface area (Å²) in [6, 6.07) is 0. The predicted octanol–water partition coefficient (Wildman–Crippen LogP) is 1.61. The van der Waals surface area contributed by atoms with Gasteiger partial charge >= 0.3 is 107 Å². The van der Waals surface area contributed by atoms with E-state index >= 15 is 0 Å². The quantitative estimate of drug-likeness (QED) is 0.736. The zero-order valence-corrected chi connectivity index (χ0v) is 13.8. The van der Waals surface area contributed by atoms with E-state index in [0.717, 1.165) is 0 Å². The maximum Gasteiger partial charge on any atom is -1.00 e. The summed E-state index contributed by atoms with van der Waals surface area (Å²) in [6.07, 6.45) is 17.4. The van der Waals surface area contributed by atoms with Crippen LogP contribution in [0.4, 0.5) is 0 Å². The van der Waals surface area contributed by atoms with Crippen molar-refractivity contribution in [1.29, 1.82) is 0 Å². The van der Waals surface area contributed by atoms with Gasteiger partial charge < -0.3 is 12.4 Å². The number of allylic oxidation sites excluding steroid dienone is 9. The second kappa shape index (κ2) is 7.34. The van der Waals surface area contributed by atoms with Crippen molar-refractivity contribution in [2.45, 2.75) is 33.1 Å². The molecule has 0 bridgehead atoms. The Kier molecular flexibility index (Phi) is 6.45. The third-order valence-electron chi connectivity index (χ3n) is 3.18. The molecule has 0 amide bonds. The summed E-state index contributed by atoms with van der Waals surface area (Å²) in [5.41, 5.74) is 1.58. The van der Waals surface area contributed by atoms with Crippen LogP contribution in [0.5, 0.6) is 0 Å². The SMILES string of the molecule is CC/C(C)=[CH]\[Zr+]([C]1=CC=CC1)[C]1=CC=CC1.[Cl-]. The van der Waals surface area contributed by atoms with Crippen LogP contribution in [0.3, 0.4) is 0 Å². The molecule has 0 radical (unpaired) electrons. The molecule has 0 aliphatic heterocycles. The van der Waals surface area contributed by atoms with Crippen LogP contribution < -0.4 is 12.4 Å². The van der Waals surface area contributed by atoms with E-state index in [2.05, 4.69) is 54.1 Å². The zero-order valence-electron chi connectivity index (χ0n) is 10.5. The number of rotatable bonds is 4. The van der Waals surface area contributed by atoms with Crippen molar-refractivity contribution in [3.63, 3.8) is 0 Å². The molecule has 0 unspecified atom stereocenters. The Morgan fingerprint density at radius 3 is 2.06 bits per heavy atom. The van der Waals surface area contributed by atoms with Gasteiger partial charge in [0.25, 0.3) is 0 Å². The molecule has 0 saturated carbocycles. The number of halogens is 1. The van der Waals surface area contributed by atoms with E-state index in [1.807, 2.05) is 0 Å². The first kappa shape index (κ1) is 14.9. The molecule has 90 valence electrons. The Hall–Kier alpha value is -0.127. The third-order valence-corrected chi connectivity index (χ3v) is 10.3. The van der Waals surface area contributed by atoms with Crippen LogP contribution in [-0.4, -0.2) is 0 Å². The Morgan fingerprint density at radius 2 is 1.71 bits per heavy atom. The Bertz CT molecular complexity index is 381. The molecule has 0 heterocycles. The summed E-state index contributed by atoms with van der Waals surface area (Å²) in [7, 11) is 0. The first-order valence-corrected chi connectivity index (χ1v) is 9.95. The summed E-state index contributed by atoms with van der Waals surface area (Å²) in [5.74, 6) is 0. The van der Waals surface area contributed by atoms with Crippen LogP contribution in [0.25, 0.3) is 0 Å². The van der Waals surface area contributed by atoms with Crippen molar-refractivity contribution in [3.05, 3.63) is 52.4 Å². The summed E-state index contributed by atoms with van der Waals surface area (Å²) >= 11 is -1.61. The van der Waals surface area contributed by atoms with E-state index in [9.17, 15) is 0 Å². The van der Waals surface area contributed by atoms with E-state index in [1.165, 1.54) is 19.3 Å². The molecule has 0 saturated heterocycles. The van der Waals surface area contributed by atoms with Gasteiger partial charge in [-0.25, -0.2) is 0 Å². The summed E-state index contributed by atoms with van der Waals surface area (Å²) in [4.78, 5) is 0. The molecule has 2 aliphatic carbocycles. The van der Waals surface area contributed by atoms with Crippen LogP contribution in [0.15, 0.2) is 52.4 Å². The molecular weight excluding hydrogens is 307 g/mol. The maximum absolute atomic E-state index is 2.64. The van der Waals surface area contributed by atoms with E-state index in [0.29, 0.717) is 0 Å². The first-order valence-electron chi connectivity index (χ1n) is 6.07. The fourth-order valence-electron chi connectivity index (χ4n) is 2.03. The van der Waals surface area contributed by atoms with Crippen molar-refractivity contribution < 1.29 is 34.2 Å². The molecule has 2 heteroatoms. The molecule has 2 rings (SSSR count). The van der Waals surface area contributed by atoms with Crippen molar-refractivity contribution >= 4 is 0 Å². The molecule has 0 aromatic rings.